The van der Waals surface area contributed by atoms with E-state index in [-0.39, 0.29) is 5.96 Å². The molecule has 80 valence electrons. The predicted molar refractivity (Wildman–Crippen MR) is 53.5 cm³/mol. The highest BCUT2D eigenvalue weighted by Crippen LogP contribution is 2.21. The van der Waals surface area contributed by atoms with Gasteiger partial charge in [-0.2, -0.15) is 4.99 Å². The molecule has 15 heavy (non-hydrogen) atoms. The molecule has 1 rings (SSSR count). The van der Waals surface area contributed by atoms with Crippen molar-refractivity contribution in [2.45, 2.75) is 0 Å². The van der Waals surface area contributed by atoms with Crippen molar-refractivity contribution in [1.82, 2.24) is 0 Å². The number of nitrogens with zero attached hydrogens (tertiary/aromatic N) is 2. The van der Waals surface area contributed by atoms with E-state index in [0.717, 1.165) is 12.1 Å². The van der Waals surface area contributed by atoms with Crippen molar-refractivity contribution in [3.63, 3.8) is 0 Å². The Balaban J connectivity index is 3.13. The molecule has 0 saturated carbocycles. The minimum atomic E-state index is -0.844. The Hall–Kier alpha value is -2.18. The number of para-hydroxylation sites is 1. The number of aliphatic imine (C=N–C) groups is 2. The van der Waals surface area contributed by atoms with Crippen LogP contribution in [0, 0.1) is 11.6 Å². The molecule has 1 aromatic carbocycles. The first kappa shape index (κ1) is 10.9. The fourth-order valence-electron chi connectivity index (χ4n) is 0.868. The molecule has 6 N–H and O–H groups in total. The lowest BCUT2D eigenvalue weighted by Crippen LogP contribution is -2.26. The molecular formula is C8H9F2N5. The molecular weight excluding hydrogens is 204 g/mol. The molecule has 0 radical (unpaired) electrons. The van der Waals surface area contributed by atoms with E-state index in [9.17, 15) is 8.78 Å². The van der Waals surface area contributed by atoms with Gasteiger partial charge in [-0.1, -0.05) is 6.07 Å². The summed E-state index contributed by atoms with van der Waals surface area (Å²) in [5, 5.41) is 0. The zero-order chi connectivity index (χ0) is 11.4. The molecule has 0 unspecified atom stereocenters. The van der Waals surface area contributed by atoms with Crippen molar-refractivity contribution in [3.05, 3.63) is 29.8 Å². The van der Waals surface area contributed by atoms with Crippen LogP contribution in [-0.4, -0.2) is 11.9 Å². The van der Waals surface area contributed by atoms with Crippen LogP contribution in [0.2, 0.25) is 0 Å². The molecule has 0 bridgehead atoms. The van der Waals surface area contributed by atoms with Gasteiger partial charge in [-0.25, -0.2) is 13.8 Å². The summed E-state index contributed by atoms with van der Waals surface area (Å²) >= 11 is 0. The molecule has 0 fully saturated rings. The van der Waals surface area contributed by atoms with Gasteiger partial charge < -0.3 is 17.2 Å². The lowest BCUT2D eigenvalue weighted by atomic mass is 10.3. The van der Waals surface area contributed by atoms with Gasteiger partial charge in [-0.05, 0) is 12.1 Å². The van der Waals surface area contributed by atoms with Gasteiger partial charge >= 0.3 is 0 Å². The molecule has 0 saturated heterocycles. The predicted octanol–water partition coefficient (Wildman–Crippen LogP) is 0.184. The normalized spacial score (nSPS) is 11.2. The molecule has 7 heteroatoms. The lowest BCUT2D eigenvalue weighted by Gasteiger charge is -1.99. The quantitative estimate of drug-likeness (QED) is 0.458. The molecule has 0 heterocycles. The fraction of sp³-hybridized carbons (Fsp3) is 0. The van der Waals surface area contributed by atoms with Crippen LogP contribution in [-0.2, 0) is 0 Å². The summed E-state index contributed by atoms with van der Waals surface area (Å²) in [5.41, 5.74) is 14.7. The molecule has 0 aliphatic carbocycles. The average molecular weight is 213 g/mol. The van der Waals surface area contributed by atoms with Gasteiger partial charge in [0.05, 0.1) is 0 Å². The second-order valence-corrected chi connectivity index (χ2v) is 2.58. The number of nitrogens with two attached hydrogens (primary N) is 3. The highest BCUT2D eigenvalue weighted by Gasteiger charge is 2.07. The standard InChI is InChI=1S/C8H9F2N5/c9-4-2-1-3-5(10)6(4)14-8(13)15-7(11)12/h1-3H,(H6,11,12,13,14,15). The third kappa shape index (κ3) is 2.90. The fourth-order valence-corrected chi connectivity index (χ4v) is 0.868. The van der Waals surface area contributed by atoms with Gasteiger partial charge in [0, 0.05) is 0 Å². The SMILES string of the molecule is NC(N)=NC(N)=Nc1c(F)cccc1F. The van der Waals surface area contributed by atoms with Crippen molar-refractivity contribution in [2.24, 2.45) is 27.2 Å². The van der Waals surface area contributed by atoms with E-state index in [1.165, 1.54) is 6.07 Å². The molecule has 5 nitrogen and oxygen atoms in total. The maximum Gasteiger partial charge on any atom is 0.223 e. The minimum absolute atomic E-state index is 0.340. The number of hydrogen-bond donors (Lipinski definition) is 3. The monoisotopic (exact) mass is 213 g/mol. The first-order valence-corrected chi connectivity index (χ1v) is 3.88. The molecule has 0 atom stereocenters. The third-order valence-electron chi connectivity index (χ3n) is 1.41. The minimum Gasteiger partial charge on any atom is -0.370 e. The van der Waals surface area contributed by atoms with E-state index < -0.39 is 23.3 Å². The summed E-state index contributed by atoms with van der Waals surface area (Å²) in [6, 6.07) is 3.30. The smallest absolute Gasteiger partial charge is 0.223 e. The number of guanidine groups is 2. The van der Waals surface area contributed by atoms with Crippen molar-refractivity contribution in [1.29, 1.82) is 0 Å². The van der Waals surface area contributed by atoms with E-state index in [4.69, 9.17) is 17.2 Å². The number of benzene rings is 1. The summed E-state index contributed by atoms with van der Waals surface area (Å²) in [4.78, 5) is 6.72. The summed E-state index contributed by atoms with van der Waals surface area (Å²) < 4.78 is 26.1. The van der Waals surface area contributed by atoms with Crippen molar-refractivity contribution in [2.75, 3.05) is 0 Å². The number of halogens is 2. The van der Waals surface area contributed by atoms with Crippen molar-refractivity contribution in [3.8, 4) is 0 Å². The molecule has 0 aliphatic heterocycles. The molecule has 0 spiro atoms. The van der Waals surface area contributed by atoms with Gasteiger partial charge in [0.2, 0.25) is 5.96 Å². The highest BCUT2D eigenvalue weighted by molar-refractivity contribution is 5.93. The molecule has 1 aromatic rings. The summed E-state index contributed by atoms with van der Waals surface area (Å²) in [5.74, 6) is -2.44. The van der Waals surface area contributed by atoms with Gasteiger partial charge in [0.15, 0.2) is 17.6 Å². The summed E-state index contributed by atoms with van der Waals surface area (Å²) in [7, 11) is 0. The zero-order valence-corrected chi connectivity index (χ0v) is 7.61. The number of hydrogen-bond acceptors (Lipinski definition) is 1. The second kappa shape index (κ2) is 4.36. The van der Waals surface area contributed by atoms with Crippen molar-refractivity contribution < 1.29 is 8.78 Å². The van der Waals surface area contributed by atoms with Crippen LogP contribution in [0.15, 0.2) is 28.2 Å². The first-order valence-electron chi connectivity index (χ1n) is 3.88. The first-order chi connectivity index (χ1) is 7.00. The van der Waals surface area contributed by atoms with E-state index >= 15 is 0 Å². The average Bonchev–Trinajstić information content (AvgIpc) is 2.10. The molecule has 0 aromatic heterocycles. The van der Waals surface area contributed by atoms with Gasteiger partial charge in [-0.15, -0.1) is 0 Å². The van der Waals surface area contributed by atoms with E-state index in [2.05, 4.69) is 9.98 Å². The van der Waals surface area contributed by atoms with Crippen LogP contribution in [0.25, 0.3) is 0 Å². The topological polar surface area (TPSA) is 103 Å². The van der Waals surface area contributed by atoms with E-state index in [1.54, 1.807) is 0 Å². The van der Waals surface area contributed by atoms with Gasteiger partial charge in [0.25, 0.3) is 0 Å². The van der Waals surface area contributed by atoms with E-state index in [1.807, 2.05) is 0 Å². The Morgan fingerprint density at radius 3 is 2.07 bits per heavy atom. The van der Waals surface area contributed by atoms with Gasteiger partial charge in [0.1, 0.15) is 5.69 Å². The Morgan fingerprint density at radius 1 is 1.07 bits per heavy atom. The Kier molecular flexibility index (Phi) is 3.17. The third-order valence-corrected chi connectivity index (χ3v) is 1.41. The van der Waals surface area contributed by atoms with Gasteiger partial charge in [-0.3, -0.25) is 0 Å². The zero-order valence-electron chi connectivity index (χ0n) is 7.61. The molecule has 0 aliphatic rings. The summed E-state index contributed by atoms with van der Waals surface area (Å²) in [6.45, 7) is 0. The van der Waals surface area contributed by atoms with Crippen molar-refractivity contribution >= 4 is 17.6 Å². The Labute approximate surface area is 84.3 Å². The maximum atomic E-state index is 13.0. The van der Waals surface area contributed by atoms with E-state index in [0.29, 0.717) is 0 Å². The Morgan fingerprint density at radius 2 is 1.60 bits per heavy atom. The largest absolute Gasteiger partial charge is 0.370 e. The second-order valence-electron chi connectivity index (χ2n) is 2.58. The Bertz CT molecular complexity index is 403. The van der Waals surface area contributed by atoms with Crippen LogP contribution >= 0.6 is 0 Å². The summed E-state index contributed by atoms with van der Waals surface area (Å²) in [6.07, 6.45) is 0. The van der Waals surface area contributed by atoms with Crippen LogP contribution in [0.5, 0.6) is 0 Å². The highest BCUT2D eigenvalue weighted by atomic mass is 19.1. The van der Waals surface area contributed by atoms with Crippen LogP contribution in [0.1, 0.15) is 0 Å². The molecule has 0 amide bonds. The maximum absolute atomic E-state index is 13.0. The lowest BCUT2D eigenvalue weighted by molar-refractivity contribution is 0.587. The number of rotatable bonds is 1. The van der Waals surface area contributed by atoms with Crippen LogP contribution in [0.4, 0.5) is 14.5 Å². The van der Waals surface area contributed by atoms with Crippen LogP contribution < -0.4 is 17.2 Å². The van der Waals surface area contributed by atoms with Crippen LogP contribution in [0.3, 0.4) is 0 Å².